The molecule has 1 saturated heterocycles. The van der Waals surface area contributed by atoms with E-state index < -0.39 is 48.6 Å². The van der Waals surface area contributed by atoms with Gasteiger partial charge in [0.2, 0.25) is 12.0 Å². The maximum absolute atomic E-state index is 13.1. The molecule has 13 nitrogen and oxygen atoms in total. The highest BCUT2D eigenvalue weighted by Crippen LogP contribution is 2.52. The molecule has 2 aliphatic heterocycles. The number of fused-ring (bicyclic) bond motifs is 1. The predicted octanol–water partition coefficient (Wildman–Crippen LogP) is 0.484. The molecule has 38 heavy (non-hydrogen) atoms. The lowest BCUT2D eigenvalue weighted by Crippen LogP contribution is -2.61. The van der Waals surface area contributed by atoms with Crippen LogP contribution in [0, 0.1) is 0 Å². The van der Waals surface area contributed by atoms with Gasteiger partial charge in [-0.05, 0) is 12.1 Å². The molecular formula is C25H28O13. The van der Waals surface area contributed by atoms with E-state index >= 15 is 0 Å². The van der Waals surface area contributed by atoms with Gasteiger partial charge in [0.15, 0.2) is 23.4 Å². The van der Waals surface area contributed by atoms with E-state index in [4.69, 9.17) is 28.4 Å². The number of hydrogen-bond donors (Lipinski definition) is 4. The van der Waals surface area contributed by atoms with Gasteiger partial charge in [0.1, 0.15) is 47.2 Å². The van der Waals surface area contributed by atoms with Crippen LogP contribution in [0.2, 0.25) is 0 Å². The number of benzene rings is 2. The number of phenolic OH excluding ortho intramolecular Hbond substituents is 1. The zero-order valence-electron chi connectivity index (χ0n) is 20.9. The number of carbonyl (C=O) groups is 2. The van der Waals surface area contributed by atoms with E-state index in [1.54, 1.807) is 12.1 Å². The van der Waals surface area contributed by atoms with Crippen LogP contribution in [-0.4, -0.2) is 91.3 Å². The molecule has 6 atom stereocenters. The number of esters is 1. The van der Waals surface area contributed by atoms with Crippen LogP contribution < -0.4 is 23.7 Å². The van der Waals surface area contributed by atoms with Crippen molar-refractivity contribution in [3.8, 4) is 34.5 Å². The Balaban J connectivity index is 1.74. The monoisotopic (exact) mass is 536 g/mol. The molecule has 0 amide bonds. The molecule has 2 aromatic carbocycles. The predicted molar refractivity (Wildman–Crippen MR) is 126 cm³/mol. The van der Waals surface area contributed by atoms with E-state index in [0.717, 1.165) is 7.11 Å². The summed E-state index contributed by atoms with van der Waals surface area (Å²) in [6.07, 6.45) is -9.88. The summed E-state index contributed by atoms with van der Waals surface area (Å²) in [7, 11) is 5.17. The first-order chi connectivity index (χ1) is 18.2. The van der Waals surface area contributed by atoms with Gasteiger partial charge < -0.3 is 53.6 Å². The molecule has 206 valence electrons. The first kappa shape index (κ1) is 27.3. The average molecular weight is 536 g/mol. The summed E-state index contributed by atoms with van der Waals surface area (Å²) in [6, 6.07) is 5.86. The van der Waals surface area contributed by atoms with Gasteiger partial charge in [0.05, 0.1) is 40.4 Å². The summed E-state index contributed by atoms with van der Waals surface area (Å²) in [5.41, 5.74) is 0.143. The molecule has 2 heterocycles. The highest BCUT2D eigenvalue weighted by Gasteiger charge is 2.49. The molecule has 0 aromatic heterocycles. The minimum Gasteiger partial charge on any atom is -0.507 e. The largest absolute Gasteiger partial charge is 0.507 e. The second-order valence-corrected chi connectivity index (χ2v) is 8.48. The van der Waals surface area contributed by atoms with Crippen molar-refractivity contribution in [2.24, 2.45) is 0 Å². The van der Waals surface area contributed by atoms with Gasteiger partial charge in [-0.1, -0.05) is 6.07 Å². The molecule has 4 rings (SSSR count). The lowest BCUT2D eigenvalue weighted by molar-refractivity contribution is -0.272. The van der Waals surface area contributed by atoms with Crippen molar-refractivity contribution < 1.29 is 63.2 Å². The number of phenols is 1. The summed E-state index contributed by atoms with van der Waals surface area (Å²) in [6.45, 7) is 0. The number of ether oxygens (including phenoxy) is 7. The van der Waals surface area contributed by atoms with Gasteiger partial charge in [-0.2, -0.15) is 0 Å². The minimum atomic E-state index is -1.80. The van der Waals surface area contributed by atoms with Crippen molar-refractivity contribution in [2.45, 2.75) is 43.2 Å². The second kappa shape index (κ2) is 10.9. The maximum Gasteiger partial charge on any atom is 0.337 e. The number of rotatable bonds is 7. The number of carbonyl (C=O) groups excluding carboxylic acids is 2. The Morgan fingerprint density at radius 1 is 0.947 bits per heavy atom. The van der Waals surface area contributed by atoms with Crippen molar-refractivity contribution in [3.05, 3.63) is 35.4 Å². The van der Waals surface area contributed by atoms with Gasteiger partial charge in [-0.15, -0.1) is 0 Å². The Bertz CT molecular complexity index is 1210. The zero-order valence-corrected chi connectivity index (χ0v) is 20.9. The molecular weight excluding hydrogens is 508 g/mol. The molecule has 13 heteroatoms. The molecule has 2 aliphatic rings. The van der Waals surface area contributed by atoms with Crippen LogP contribution in [0.15, 0.2) is 24.3 Å². The van der Waals surface area contributed by atoms with Gasteiger partial charge in [0.25, 0.3) is 0 Å². The molecule has 4 N–H and O–H groups in total. The summed E-state index contributed by atoms with van der Waals surface area (Å²) >= 11 is 0. The topological polar surface area (TPSA) is 180 Å². The molecule has 1 fully saturated rings. The van der Waals surface area contributed by atoms with Crippen LogP contribution >= 0.6 is 0 Å². The Morgan fingerprint density at radius 2 is 1.63 bits per heavy atom. The van der Waals surface area contributed by atoms with Gasteiger partial charge in [-0.3, -0.25) is 4.79 Å². The smallest absolute Gasteiger partial charge is 0.337 e. The fraction of sp³-hybridized carbons (Fsp3) is 0.440. The fourth-order valence-electron chi connectivity index (χ4n) is 4.45. The van der Waals surface area contributed by atoms with Crippen molar-refractivity contribution >= 4 is 11.8 Å². The molecule has 0 bridgehead atoms. The van der Waals surface area contributed by atoms with E-state index in [1.165, 1.54) is 33.5 Å². The van der Waals surface area contributed by atoms with Gasteiger partial charge >= 0.3 is 5.97 Å². The normalized spacial score (nSPS) is 26.6. The quantitative estimate of drug-likeness (QED) is 0.359. The molecule has 0 radical (unpaired) electrons. The molecule has 2 aromatic rings. The highest BCUT2D eigenvalue weighted by atomic mass is 16.7. The van der Waals surface area contributed by atoms with Crippen LogP contribution in [-0.2, 0) is 14.3 Å². The number of aliphatic hydroxyl groups is 3. The van der Waals surface area contributed by atoms with Crippen molar-refractivity contribution in [1.82, 2.24) is 0 Å². The first-order valence-corrected chi connectivity index (χ1v) is 11.5. The highest BCUT2D eigenvalue weighted by molar-refractivity contribution is 6.04. The molecule has 6 unspecified atom stereocenters. The first-order valence-electron chi connectivity index (χ1n) is 11.5. The molecule has 0 aliphatic carbocycles. The summed E-state index contributed by atoms with van der Waals surface area (Å²) < 4.78 is 38.1. The van der Waals surface area contributed by atoms with Crippen molar-refractivity contribution in [1.29, 1.82) is 0 Å². The standard InChI is InChI=1S/C25H28O13/c1-32-12-6-5-7-13(37-25-20(30)18(28)19(29)23(38-25)24(31)35-4)17(12)14-8-10(26)16-11(27)9-15(33-2)21(34-3)22(16)36-14/h5-7,9,14,18-20,23,25,27-30H,8H2,1-4H3. The van der Waals surface area contributed by atoms with E-state index in [2.05, 4.69) is 4.74 Å². The van der Waals surface area contributed by atoms with Crippen LogP contribution in [0.4, 0.5) is 0 Å². The number of ketones is 1. The van der Waals surface area contributed by atoms with Crippen LogP contribution in [0.3, 0.4) is 0 Å². The van der Waals surface area contributed by atoms with E-state index in [-0.39, 0.29) is 52.0 Å². The Morgan fingerprint density at radius 3 is 2.26 bits per heavy atom. The lowest BCUT2D eigenvalue weighted by atomic mass is 9.93. The van der Waals surface area contributed by atoms with Gasteiger partial charge in [0, 0.05) is 6.07 Å². The average Bonchev–Trinajstić information content (AvgIpc) is 2.92. The third kappa shape index (κ3) is 4.65. The summed E-state index contributed by atoms with van der Waals surface area (Å²) in [5.74, 6) is -1.38. The van der Waals surface area contributed by atoms with Crippen LogP contribution in [0.25, 0.3) is 0 Å². The second-order valence-electron chi connectivity index (χ2n) is 8.48. The Hall–Kier alpha value is -3.78. The van der Waals surface area contributed by atoms with Crippen molar-refractivity contribution in [3.63, 3.8) is 0 Å². The molecule has 0 saturated carbocycles. The van der Waals surface area contributed by atoms with Crippen molar-refractivity contribution in [2.75, 3.05) is 28.4 Å². The molecule has 0 spiro atoms. The third-order valence-electron chi connectivity index (χ3n) is 6.33. The fourth-order valence-corrected chi connectivity index (χ4v) is 4.45. The van der Waals surface area contributed by atoms with E-state index in [9.17, 15) is 30.0 Å². The van der Waals surface area contributed by atoms with Crippen LogP contribution in [0.5, 0.6) is 34.5 Å². The maximum atomic E-state index is 13.1. The summed E-state index contributed by atoms with van der Waals surface area (Å²) in [5, 5.41) is 41.4. The number of aliphatic hydroxyl groups excluding tert-OH is 3. The van der Waals surface area contributed by atoms with E-state index in [0.29, 0.717) is 0 Å². The van der Waals surface area contributed by atoms with Crippen LogP contribution in [0.1, 0.15) is 28.4 Å². The number of hydrogen-bond acceptors (Lipinski definition) is 13. The Labute approximate surface area is 217 Å². The van der Waals surface area contributed by atoms with E-state index in [1.807, 2.05) is 0 Å². The Kier molecular flexibility index (Phi) is 7.83. The number of methoxy groups -OCH3 is 4. The number of Topliss-reactive ketones (excluding diaryl/α,β-unsaturated/α-hetero) is 1. The third-order valence-corrected chi connectivity index (χ3v) is 6.33. The summed E-state index contributed by atoms with van der Waals surface area (Å²) in [4.78, 5) is 25.2. The SMILES string of the molecule is COC(=O)C1OC(Oc2cccc(OC)c2C2CC(=O)c3c(O)cc(OC)c(OC)c3O2)C(O)C(O)C1O. The number of aromatic hydroxyl groups is 1. The van der Waals surface area contributed by atoms with Gasteiger partial charge in [-0.25, -0.2) is 4.79 Å². The minimum absolute atomic E-state index is 0.0212. The zero-order chi connectivity index (χ0) is 27.7. The lowest BCUT2D eigenvalue weighted by Gasteiger charge is -2.39.